The van der Waals surface area contributed by atoms with Crippen LogP contribution in [0.2, 0.25) is 0 Å². The summed E-state index contributed by atoms with van der Waals surface area (Å²) in [4.78, 5) is 16.2. The zero-order valence-electron chi connectivity index (χ0n) is 17.9. The molecule has 5 heteroatoms. The molecular formula is C25H31N5. The first-order valence-electron chi connectivity index (χ1n) is 11.1. The summed E-state index contributed by atoms with van der Waals surface area (Å²) in [5, 5.41) is 1.39. The molecule has 0 bridgehead atoms. The molecule has 1 unspecified atom stereocenters. The minimum absolute atomic E-state index is 0.484. The number of H-pyrrole nitrogens is 2. The number of para-hydroxylation sites is 3. The number of hydrogen-bond acceptors (Lipinski definition) is 3. The Bertz CT molecular complexity index is 1090. The van der Waals surface area contributed by atoms with E-state index < -0.39 is 0 Å². The van der Waals surface area contributed by atoms with Crippen LogP contribution in [0.15, 0.2) is 54.7 Å². The third-order valence-electron chi connectivity index (χ3n) is 6.74. The molecule has 2 aliphatic rings. The highest BCUT2D eigenvalue weighted by Crippen LogP contribution is 2.34. The molecule has 2 aromatic carbocycles. The summed E-state index contributed by atoms with van der Waals surface area (Å²) >= 11 is 0. The number of nitrogens with one attached hydrogen (secondary N) is 2. The zero-order valence-corrected chi connectivity index (χ0v) is 17.9. The molecule has 2 atom stereocenters. The van der Waals surface area contributed by atoms with Crippen molar-refractivity contribution in [2.45, 2.75) is 37.8 Å². The second-order valence-electron chi connectivity index (χ2n) is 8.71. The lowest BCUT2D eigenvalue weighted by molar-refractivity contribution is 0.307. The molecule has 2 aromatic heterocycles. The Morgan fingerprint density at radius 1 is 0.833 bits per heavy atom. The van der Waals surface area contributed by atoms with Crippen molar-refractivity contribution in [2.24, 2.45) is 0 Å². The number of rotatable bonds is 2. The van der Waals surface area contributed by atoms with Crippen LogP contribution in [-0.2, 0) is 0 Å². The van der Waals surface area contributed by atoms with Gasteiger partial charge in [-0.3, -0.25) is 9.80 Å². The topological polar surface area (TPSA) is 51.0 Å². The van der Waals surface area contributed by atoms with E-state index in [0.29, 0.717) is 12.1 Å². The summed E-state index contributed by atoms with van der Waals surface area (Å²) in [6.07, 6.45) is 7.28. The van der Waals surface area contributed by atoms with Gasteiger partial charge >= 0.3 is 0 Å². The van der Waals surface area contributed by atoms with E-state index >= 15 is 0 Å². The normalized spacial score (nSPS) is 22.6. The fraction of sp³-hybridized carbons (Fsp3) is 0.400. The van der Waals surface area contributed by atoms with Gasteiger partial charge in [0.2, 0.25) is 0 Å². The number of imidazole rings is 1. The average Bonchev–Trinajstić information content (AvgIpc) is 3.53. The number of nitrogens with zero attached hydrogens (tertiary/aromatic N) is 3. The maximum atomic E-state index is 4.65. The first kappa shape index (κ1) is 19.3. The van der Waals surface area contributed by atoms with Gasteiger partial charge in [-0.05, 0) is 76.6 Å². The smallest absolute Gasteiger partial charge is 0.124 e. The highest BCUT2D eigenvalue weighted by molar-refractivity contribution is 5.83. The van der Waals surface area contributed by atoms with Crippen molar-refractivity contribution < 1.29 is 0 Å². The second-order valence-corrected chi connectivity index (χ2v) is 8.71. The van der Waals surface area contributed by atoms with Crippen molar-refractivity contribution in [1.82, 2.24) is 24.8 Å². The first-order valence-corrected chi connectivity index (χ1v) is 11.1. The van der Waals surface area contributed by atoms with Gasteiger partial charge in [0, 0.05) is 23.1 Å². The predicted molar refractivity (Wildman–Crippen MR) is 124 cm³/mol. The molecule has 5 nitrogen and oxygen atoms in total. The Balaban J connectivity index is 0.000000128. The number of aromatic amines is 2. The van der Waals surface area contributed by atoms with Crippen LogP contribution < -0.4 is 0 Å². The van der Waals surface area contributed by atoms with E-state index in [-0.39, 0.29) is 0 Å². The molecule has 156 valence electrons. The van der Waals surface area contributed by atoms with Gasteiger partial charge in [-0.1, -0.05) is 30.3 Å². The van der Waals surface area contributed by atoms with E-state index in [2.05, 4.69) is 81.4 Å². The summed E-state index contributed by atoms with van der Waals surface area (Å²) in [6.45, 7) is 2.41. The van der Waals surface area contributed by atoms with Crippen molar-refractivity contribution >= 4 is 21.9 Å². The molecule has 0 radical (unpaired) electrons. The molecule has 2 fully saturated rings. The number of fused-ring (bicyclic) bond motifs is 2. The van der Waals surface area contributed by atoms with Gasteiger partial charge in [0.25, 0.3) is 0 Å². The SMILES string of the molecule is CN1CCCC1c1c[nH]c2ccccc12.CN1CCC[C@H]1c1nc2ccccc2[nH]1. The standard InChI is InChI=1S/C13H16N2.C12H15N3/c1-15-8-4-7-13(15)11-9-14-12-6-3-2-5-10(11)12;1-15-8-4-7-11(15)12-13-9-5-2-3-6-10(9)14-12/h2-3,5-6,9,13-14H,4,7-8H2,1H3;2-3,5-6,11H,4,7-8H2,1H3,(H,13,14)/t;11-/m.0/s1. The van der Waals surface area contributed by atoms with Crippen LogP contribution in [0, 0.1) is 0 Å². The molecule has 4 aromatic rings. The van der Waals surface area contributed by atoms with Crippen LogP contribution >= 0.6 is 0 Å². The molecule has 2 N–H and O–H groups in total. The number of hydrogen-bond donors (Lipinski definition) is 2. The molecule has 0 saturated carbocycles. The molecule has 0 aliphatic carbocycles. The van der Waals surface area contributed by atoms with Crippen LogP contribution in [-0.4, -0.2) is 51.9 Å². The minimum atomic E-state index is 0.484. The van der Waals surface area contributed by atoms with Gasteiger partial charge in [0.05, 0.1) is 17.1 Å². The third-order valence-corrected chi connectivity index (χ3v) is 6.74. The van der Waals surface area contributed by atoms with Crippen molar-refractivity contribution in [3.8, 4) is 0 Å². The molecule has 30 heavy (non-hydrogen) atoms. The minimum Gasteiger partial charge on any atom is -0.361 e. The van der Waals surface area contributed by atoms with E-state index in [1.165, 1.54) is 55.2 Å². The Morgan fingerprint density at radius 2 is 1.50 bits per heavy atom. The predicted octanol–water partition coefficient (Wildman–Crippen LogP) is 5.26. The van der Waals surface area contributed by atoms with Crippen LogP contribution in [0.4, 0.5) is 0 Å². The molecule has 2 saturated heterocycles. The van der Waals surface area contributed by atoms with E-state index in [1.807, 2.05) is 12.1 Å². The molecule has 0 spiro atoms. The average molecular weight is 402 g/mol. The fourth-order valence-corrected chi connectivity index (χ4v) is 5.06. The highest BCUT2D eigenvalue weighted by Gasteiger charge is 2.25. The first-order chi connectivity index (χ1) is 14.7. The Labute approximate surface area is 178 Å². The summed E-state index contributed by atoms with van der Waals surface area (Å²) < 4.78 is 0. The van der Waals surface area contributed by atoms with E-state index in [0.717, 1.165) is 16.9 Å². The lowest BCUT2D eigenvalue weighted by Gasteiger charge is -2.18. The summed E-state index contributed by atoms with van der Waals surface area (Å²) in [5.74, 6) is 1.12. The highest BCUT2D eigenvalue weighted by atomic mass is 15.2. The Hall–Kier alpha value is -2.63. The van der Waals surface area contributed by atoms with E-state index in [4.69, 9.17) is 0 Å². The lowest BCUT2D eigenvalue weighted by atomic mass is 10.0. The van der Waals surface area contributed by atoms with Crippen LogP contribution in [0.3, 0.4) is 0 Å². The van der Waals surface area contributed by atoms with Crippen molar-refractivity contribution in [3.63, 3.8) is 0 Å². The summed E-state index contributed by atoms with van der Waals surface area (Å²) in [5.41, 5.74) is 4.94. The van der Waals surface area contributed by atoms with Gasteiger partial charge in [-0.25, -0.2) is 4.98 Å². The fourth-order valence-electron chi connectivity index (χ4n) is 5.06. The van der Waals surface area contributed by atoms with Crippen LogP contribution in [0.5, 0.6) is 0 Å². The number of aromatic nitrogens is 3. The maximum Gasteiger partial charge on any atom is 0.124 e. The van der Waals surface area contributed by atoms with E-state index in [1.54, 1.807) is 0 Å². The van der Waals surface area contributed by atoms with Crippen LogP contribution in [0.1, 0.15) is 49.2 Å². The van der Waals surface area contributed by atoms with Gasteiger partial charge < -0.3 is 9.97 Å². The largest absolute Gasteiger partial charge is 0.361 e. The van der Waals surface area contributed by atoms with Crippen molar-refractivity contribution in [1.29, 1.82) is 0 Å². The number of benzene rings is 2. The van der Waals surface area contributed by atoms with Gasteiger partial charge in [-0.2, -0.15) is 0 Å². The third kappa shape index (κ3) is 3.64. The lowest BCUT2D eigenvalue weighted by Crippen LogP contribution is -2.18. The maximum absolute atomic E-state index is 4.65. The molecule has 0 amide bonds. The molecule has 4 heterocycles. The Morgan fingerprint density at radius 3 is 2.20 bits per heavy atom. The van der Waals surface area contributed by atoms with Gasteiger partial charge in [0.15, 0.2) is 0 Å². The monoisotopic (exact) mass is 401 g/mol. The molecule has 2 aliphatic heterocycles. The van der Waals surface area contributed by atoms with Gasteiger partial charge in [0.1, 0.15) is 5.82 Å². The summed E-state index contributed by atoms with van der Waals surface area (Å²) in [7, 11) is 4.39. The Kier molecular flexibility index (Phi) is 5.32. The quantitative estimate of drug-likeness (QED) is 0.481. The molecular weight excluding hydrogens is 370 g/mol. The zero-order chi connectivity index (χ0) is 20.5. The van der Waals surface area contributed by atoms with Crippen molar-refractivity contribution in [3.05, 3.63) is 66.1 Å². The summed E-state index contributed by atoms with van der Waals surface area (Å²) in [6, 6.07) is 17.9. The van der Waals surface area contributed by atoms with E-state index in [9.17, 15) is 0 Å². The van der Waals surface area contributed by atoms with Crippen LogP contribution in [0.25, 0.3) is 21.9 Å². The number of likely N-dealkylation sites (tertiary alicyclic amines) is 2. The van der Waals surface area contributed by atoms with Gasteiger partial charge in [-0.15, -0.1) is 0 Å². The van der Waals surface area contributed by atoms with Crippen molar-refractivity contribution in [2.75, 3.05) is 27.2 Å². The second kappa shape index (κ2) is 8.25. The molecule has 6 rings (SSSR count).